The Hall–Kier alpha value is -0.0800. The smallest absolute Gasteiger partial charge is 0.0448 e. The van der Waals surface area contributed by atoms with Crippen LogP contribution in [0.15, 0.2) is 0 Å². The van der Waals surface area contributed by atoms with E-state index in [4.69, 9.17) is 5.11 Å². The van der Waals surface area contributed by atoms with E-state index < -0.39 is 0 Å². The summed E-state index contributed by atoms with van der Waals surface area (Å²) in [6.45, 7) is 5.90. The SMILES string of the molecule is CCCNC1(CCO)CCC(CC)C1. The lowest BCUT2D eigenvalue weighted by atomic mass is 9.91. The molecule has 0 aromatic heterocycles. The minimum absolute atomic E-state index is 0.269. The van der Waals surface area contributed by atoms with Crippen LogP contribution in [-0.2, 0) is 0 Å². The third-order valence-electron chi connectivity index (χ3n) is 3.63. The molecule has 2 unspecified atom stereocenters. The average Bonchev–Trinajstić information content (AvgIpc) is 2.60. The summed E-state index contributed by atoms with van der Waals surface area (Å²) in [6.07, 6.45) is 7.28. The molecule has 1 aliphatic rings. The summed E-state index contributed by atoms with van der Waals surface area (Å²) in [7, 11) is 0. The Labute approximate surface area is 88.1 Å². The molecule has 0 amide bonds. The van der Waals surface area contributed by atoms with Crippen LogP contribution in [0.25, 0.3) is 0 Å². The summed E-state index contributed by atoms with van der Waals surface area (Å²) in [4.78, 5) is 0. The molecule has 0 spiro atoms. The number of aliphatic hydroxyl groups excluding tert-OH is 1. The van der Waals surface area contributed by atoms with Gasteiger partial charge in [-0.25, -0.2) is 0 Å². The van der Waals surface area contributed by atoms with Gasteiger partial charge in [0.05, 0.1) is 0 Å². The summed E-state index contributed by atoms with van der Waals surface area (Å²) in [5, 5.41) is 12.8. The molecule has 0 aliphatic heterocycles. The third-order valence-corrected chi connectivity index (χ3v) is 3.63. The Balaban J connectivity index is 2.46. The molecular formula is C12H25NO. The van der Waals surface area contributed by atoms with Gasteiger partial charge in [0.2, 0.25) is 0 Å². The van der Waals surface area contributed by atoms with Gasteiger partial charge in [0.1, 0.15) is 0 Å². The van der Waals surface area contributed by atoms with Crippen LogP contribution in [0.5, 0.6) is 0 Å². The number of hydrogen-bond donors (Lipinski definition) is 2. The van der Waals surface area contributed by atoms with Gasteiger partial charge in [-0.2, -0.15) is 0 Å². The van der Waals surface area contributed by atoms with E-state index in [2.05, 4.69) is 19.2 Å². The van der Waals surface area contributed by atoms with Crippen molar-refractivity contribution in [3.63, 3.8) is 0 Å². The van der Waals surface area contributed by atoms with Crippen molar-refractivity contribution in [1.82, 2.24) is 5.32 Å². The molecule has 0 aromatic rings. The second-order valence-corrected chi connectivity index (χ2v) is 4.70. The lowest BCUT2D eigenvalue weighted by molar-refractivity contribution is 0.206. The molecule has 1 saturated carbocycles. The van der Waals surface area contributed by atoms with E-state index in [9.17, 15) is 0 Å². The summed E-state index contributed by atoms with van der Waals surface area (Å²) in [5.74, 6) is 0.880. The van der Waals surface area contributed by atoms with Crippen LogP contribution in [0.4, 0.5) is 0 Å². The molecule has 1 fully saturated rings. The van der Waals surface area contributed by atoms with Crippen molar-refractivity contribution in [2.45, 2.75) is 57.9 Å². The van der Waals surface area contributed by atoms with Crippen LogP contribution >= 0.6 is 0 Å². The van der Waals surface area contributed by atoms with E-state index in [1.165, 1.54) is 32.1 Å². The maximum Gasteiger partial charge on any atom is 0.0448 e. The van der Waals surface area contributed by atoms with Crippen molar-refractivity contribution >= 4 is 0 Å². The highest BCUT2D eigenvalue weighted by Crippen LogP contribution is 2.38. The average molecular weight is 199 g/mol. The number of aliphatic hydroxyl groups is 1. The topological polar surface area (TPSA) is 32.3 Å². The first-order valence-corrected chi connectivity index (χ1v) is 6.12. The normalized spacial score (nSPS) is 32.4. The lowest BCUT2D eigenvalue weighted by Crippen LogP contribution is -2.44. The molecule has 14 heavy (non-hydrogen) atoms. The van der Waals surface area contributed by atoms with E-state index >= 15 is 0 Å². The second kappa shape index (κ2) is 5.72. The van der Waals surface area contributed by atoms with Gasteiger partial charge in [0.25, 0.3) is 0 Å². The molecule has 0 radical (unpaired) electrons. The predicted octanol–water partition coefficient (Wildman–Crippen LogP) is 2.32. The zero-order valence-corrected chi connectivity index (χ0v) is 9.68. The van der Waals surface area contributed by atoms with Crippen molar-refractivity contribution in [1.29, 1.82) is 0 Å². The van der Waals surface area contributed by atoms with Crippen molar-refractivity contribution < 1.29 is 5.11 Å². The molecular weight excluding hydrogens is 174 g/mol. The monoisotopic (exact) mass is 199 g/mol. The third kappa shape index (κ3) is 2.96. The first-order valence-electron chi connectivity index (χ1n) is 6.12. The molecule has 0 heterocycles. The predicted molar refractivity (Wildman–Crippen MR) is 60.4 cm³/mol. The largest absolute Gasteiger partial charge is 0.396 e. The van der Waals surface area contributed by atoms with E-state index in [1.807, 2.05) is 0 Å². The van der Waals surface area contributed by atoms with Crippen molar-refractivity contribution in [3.8, 4) is 0 Å². The Morgan fingerprint density at radius 2 is 2.21 bits per heavy atom. The Morgan fingerprint density at radius 3 is 2.71 bits per heavy atom. The molecule has 1 rings (SSSR count). The number of hydrogen-bond acceptors (Lipinski definition) is 2. The maximum absolute atomic E-state index is 9.11. The second-order valence-electron chi connectivity index (χ2n) is 4.70. The summed E-state index contributed by atoms with van der Waals surface area (Å²) >= 11 is 0. The van der Waals surface area contributed by atoms with Gasteiger partial charge >= 0.3 is 0 Å². The van der Waals surface area contributed by atoms with Crippen LogP contribution in [0.1, 0.15) is 52.4 Å². The fourth-order valence-electron chi connectivity index (χ4n) is 2.67. The van der Waals surface area contributed by atoms with E-state index in [0.29, 0.717) is 6.61 Å². The molecule has 2 heteroatoms. The molecule has 1 aliphatic carbocycles. The van der Waals surface area contributed by atoms with Gasteiger partial charge in [-0.05, 0) is 44.6 Å². The quantitative estimate of drug-likeness (QED) is 0.688. The standard InChI is InChI=1S/C12H25NO/c1-3-8-13-12(7-9-14)6-5-11(4-2)10-12/h11,13-14H,3-10H2,1-2H3. The van der Waals surface area contributed by atoms with Crippen LogP contribution in [0, 0.1) is 5.92 Å². The van der Waals surface area contributed by atoms with Crippen molar-refractivity contribution in [2.75, 3.05) is 13.2 Å². The first-order chi connectivity index (χ1) is 6.76. The highest BCUT2D eigenvalue weighted by molar-refractivity contribution is 4.95. The molecule has 2 nitrogen and oxygen atoms in total. The highest BCUT2D eigenvalue weighted by Gasteiger charge is 2.36. The number of nitrogens with one attached hydrogen (secondary N) is 1. The number of rotatable bonds is 6. The molecule has 0 saturated heterocycles. The lowest BCUT2D eigenvalue weighted by Gasteiger charge is -2.30. The molecule has 2 atom stereocenters. The van der Waals surface area contributed by atoms with Crippen LogP contribution in [0.3, 0.4) is 0 Å². The molecule has 84 valence electrons. The van der Waals surface area contributed by atoms with Crippen molar-refractivity contribution in [3.05, 3.63) is 0 Å². The van der Waals surface area contributed by atoms with E-state index in [1.54, 1.807) is 0 Å². The summed E-state index contributed by atoms with van der Waals surface area (Å²) in [6, 6.07) is 0. The summed E-state index contributed by atoms with van der Waals surface area (Å²) in [5.41, 5.74) is 0.269. The van der Waals surface area contributed by atoms with Gasteiger partial charge in [0, 0.05) is 12.1 Å². The molecule has 0 aromatic carbocycles. The van der Waals surface area contributed by atoms with Gasteiger partial charge < -0.3 is 10.4 Å². The highest BCUT2D eigenvalue weighted by atomic mass is 16.3. The van der Waals surface area contributed by atoms with Gasteiger partial charge in [-0.3, -0.25) is 0 Å². The van der Waals surface area contributed by atoms with E-state index in [-0.39, 0.29) is 5.54 Å². The minimum Gasteiger partial charge on any atom is -0.396 e. The molecule has 0 bridgehead atoms. The van der Waals surface area contributed by atoms with Crippen LogP contribution in [-0.4, -0.2) is 23.8 Å². The maximum atomic E-state index is 9.11. The van der Waals surface area contributed by atoms with Gasteiger partial charge in [-0.15, -0.1) is 0 Å². The zero-order chi connectivity index (χ0) is 10.4. The fourth-order valence-corrected chi connectivity index (χ4v) is 2.67. The zero-order valence-electron chi connectivity index (χ0n) is 9.68. The van der Waals surface area contributed by atoms with Crippen LogP contribution < -0.4 is 5.32 Å². The fraction of sp³-hybridized carbons (Fsp3) is 1.00. The molecule has 2 N–H and O–H groups in total. The van der Waals surface area contributed by atoms with Crippen LogP contribution in [0.2, 0.25) is 0 Å². The van der Waals surface area contributed by atoms with Gasteiger partial charge in [-0.1, -0.05) is 20.3 Å². The van der Waals surface area contributed by atoms with Gasteiger partial charge in [0.15, 0.2) is 0 Å². The summed E-state index contributed by atoms with van der Waals surface area (Å²) < 4.78 is 0. The Morgan fingerprint density at radius 1 is 1.43 bits per heavy atom. The Kier molecular flexibility index (Phi) is 4.90. The van der Waals surface area contributed by atoms with E-state index in [0.717, 1.165) is 18.9 Å². The Bertz CT molecular complexity index is 160. The minimum atomic E-state index is 0.269. The first kappa shape index (κ1) is 12.0. The van der Waals surface area contributed by atoms with Crippen molar-refractivity contribution in [2.24, 2.45) is 5.92 Å².